The van der Waals surface area contributed by atoms with E-state index in [0.29, 0.717) is 6.42 Å². The highest BCUT2D eigenvalue weighted by molar-refractivity contribution is 5.24. The Morgan fingerprint density at radius 2 is 1.69 bits per heavy atom. The third-order valence-corrected chi connectivity index (χ3v) is 2.18. The number of rotatable bonds is 2. The monoisotopic (exact) mass is 188 g/mol. The second-order valence-corrected chi connectivity index (χ2v) is 3.07. The molecule has 0 bridgehead atoms. The minimum atomic E-state index is -1.06. The van der Waals surface area contributed by atoms with E-state index < -0.39 is 17.5 Å². The lowest BCUT2D eigenvalue weighted by molar-refractivity contribution is 0.466. The van der Waals surface area contributed by atoms with Crippen molar-refractivity contribution in [3.63, 3.8) is 0 Å². The molecule has 0 nitrogen and oxygen atoms in total. The molecule has 0 spiro atoms. The first-order chi connectivity index (χ1) is 6.07. The van der Waals surface area contributed by atoms with Gasteiger partial charge in [-0.3, -0.25) is 0 Å². The van der Waals surface area contributed by atoms with E-state index in [1.807, 2.05) is 0 Å². The summed E-state index contributed by atoms with van der Waals surface area (Å²) < 4.78 is 38.9. The molecule has 1 rings (SSSR count). The Labute approximate surface area is 75.4 Å². The lowest BCUT2D eigenvalue weighted by Gasteiger charge is -2.11. The Kier molecular flexibility index (Phi) is 2.96. The van der Waals surface area contributed by atoms with E-state index in [4.69, 9.17) is 0 Å². The molecule has 1 atom stereocenters. The largest absolute Gasteiger partial charge is 0.207 e. The van der Waals surface area contributed by atoms with Crippen molar-refractivity contribution in [1.82, 2.24) is 0 Å². The van der Waals surface area contributed by atoms with Crippen LogP contribution in [0.2, 0.25) is 0 Å². The Morgan fingerprint density at radius 3 is 2.23 bits per heavy atom. The zero-order chi connectivity index (χ0) is 10.0. The van der Waals surface area contributed by atoms with Gasteiger partial charge in [0.2, 0.25) is 0 Å². The van der Waals surface area contributed by atoms with Crippen LogP contribution in [0.25, 0.3) is 0 Å². The molecule has 1 aromatic carbocycles. The van der Waals surface area contributed by atoms with E-state index in [9.17, 15) is 13.2 Å². The maximum atomic E-state index is 13.1. The summed E-state index contributed by atoms with van der Waals surface area (Å²) in [5, 5.41) is 0. The van der Waals surface area contributed by atoms with Gasteiger partial charge < -0.3 is 0 Å². The van der Waals surface area contributed by atoms with Crippen molar-refractivity contribution in [2.24, 2.45) is 0 Å². The van der Waals surface area contributed by atoms with Crippen molar-refractivity contribution in [2.75, 3.05) is 0 Å². The Balaban J connectivity index is 3.25. The Bertz CT molecular complexity index is 307. The van der Waals surface area contributed by atoms with Crippen LogP contribution in [0.1, 0.15) is 31.7 Å². The summed E-state index contributed by atoms with van der Waals surface area (Å²) in [6.45, 7) is 3.47. The molecule has 0 aliphatic heterocycles. The van der Waals surface area contributed by atoms with Gasteiger partial charge in [-0.15, -0.1) is 0 Å². The molecular formula is C10H11F3. The predicted molar refractivity (Wildman–Crippen MR) is 45.0 cm³/mol. The maximum Gasteiger partial charge on any atom is 0.165 e. The molecule has 13 heavy (non-hydrogen) atoms. The van der Waals surface area contributed by atoms with Gasteiger partial charge in [-0.05, 0) is 24.5 Å². The van der Waals surface area contributed by atoms with Gasteiger partial charge in [-0.2, -0.15) is 0 Å². The quantitative estimate of drug-likeness (QED) is 0.622. The Morgan fingerprint density at radius 1 is 1.15 bits per heavy atom. The van der Waals surface area contributed by atoms with Crippen LogP contribution in [0.5, 0.6) is 0 Å². The smallest absolute Gasteiger partial charge is 0.165 e. The highest BCUT2D eigenvalue weighted by Gasteiger charge is 2.17. The minimum absolute atomic E-state index is 0.150. The first kappa shape index (κ1) is 10.1. The van der Waals surface area contributed by atoms with Crippen LogP contribution in [-0.4, -0.2) is 0 Å². The van der Waals surface area contributed by atoms with Gasteiger partial charge in [0.05, 0.1) is 0 Å². The lowest BCUT2D eigenvalue weighted by Crippen LogP contribution is -2.02. The van der Waals surface area contributed by atoms with Crippen molar-refractivity contribution in [3.8, 4) is 0 Å². The van der Waals surface area contributed by atoms with Gasteiger partial charge in [0.15, 0.2) is 11.6 Å². The van der Waals surface area contributed by atoms with E-state index in [0.717, 1.165) is 12.1 Å². The maximum absolute atomic E-state index is 13.1. The summed E-state index contributed by atoms with van der Waals surface area (Å²) in [4.78, 5) is 0. The number of benzene rings is 1. The van der Waals surface area contributed by atoms with Gasteiger partial charge in [0.1, 0.15) is 5.82 Å². The standard InChI is InChI=1S/C10H11F3/c1-3-6(2)9-7(11)4-5-8(12)10(9)13/h4-6H,3H2,1-2H3. The summed E-state index contributed by atoms with van der Waals surface area (Å²) in [5.41, 5.74) is -0.150. The van der Waals surface area contributed by atoms with E-state index >= 15 is 0 Å². The average molecular weight is 188 g/mol. The van der Waals surface area contributed by atoms with Crippen molar-refractivity contribution < 1.29 is 13.2 Å². The molecule has 0 heterocycles. The first-order valence-electron chi connectivity index (χ1n) is 4.21. The molecule has 0 aromatic heterocycles. The van der Waals surface area contributed by atoms with E-state index in [2.05, 4.69) is 0 Å². The molecule has 3 heteroatoms. The molecule has 72 valence electrons. The summed E-state index contributed by atoms with van der Waals surface area (Å²) >= 11 is 0. The van der Waals surface area contributed by atoms with Gasteiger partial charge >= 0.3 is 0 Å². The van der Waals surface area contributed by atoms with E-state index in [-0.39, 0.29) is 11.5 Å². The van der Waals surface area contributed by atoms with Crippen molar-refractivity contribution in [2.45, 2.75) is 26.2 Å². The summed E-state index contributed by atoms with van der Waals surface area (Å²) in [5.74, 6) is -3.02. The molecule has 0 radical (unpaired) electrons. The molecule has 0 N–H and O–H groups in total. The van der Waals surface area contributed by atoms with Gasteiger partial charge in [-0.25, -0.2) is 13.2 Å². The van der Waals surface area contributed by atoms with E-state index in [1.165, 1.54) is 0 Å². The molecule has 0 aliphatic carbocycles. The fourth-order valence-electron chi connectivity index (χ4n) is 1.20. The number of hydrogen-bond donors (Lipinski definition) is 0. The predicted octanol–water partition coefficient (Wildman–Crippen LogP) is 3.62. The fourth-order valence-corrected chi connectivity index (χ4v) is 1.20. The summed E-state index contributed by atoms with van der Waals surface area (Å²) in [6.07, 6.45) is 0.581. The lowest BCUT2D eigenvalue weighted by atomic mass is 9.97. The van der Waals surface area contributed by atoms with Gasteiger partial charge in [0, 0.05) is 5.56 Å². The van der Waals surface area contributed by atoms with Crippen LogP contribution in [0.4, 0.5) is 13.2 Å². The zero-order valence-electron chi connectivity index (χ0n) is 7.57. The van der Waals surface area contributed by atoms with Crippen LogP contribution in [0.15, 0.2) is 12.1 Å². The molecule has 0 fully saturated rings. The number of halogens is 3. The number of hydrogen-bond acceptors (Lipinski definition) is 0. The van der Waals surface area contributed by atoms with Crippen molar-refractivity contribution in [3.05, 3.63) is 35.1 Å². The summed E-state index contributed by atoms with van der Waals surface area (Å²) in [7, 11) is 0. The second-order valence-electron chi connectivity index (χ2n) is 3.07. The normalized spacial score (nSPS) is 13.0. The molecule has 0 saturated carbocycles. The topological polar surface area (TPSA) is 0 Å². The van der Waals surface area contributed by atoms with E-state index in [1.54, 1.807) is 13.8 Å². The van der Waals surface area contributed by atoms with Crippen molar-refractivity contribution >= 4 is 0 Å². The van der Waals surface area contributed by atoms with Crippen LogP contribution < -0.4 is 0 Å². The molecule has 0 aliphatic rings. The van der Waals surface area contributed by atoms with Crippen LogP contribution in [0.3, 0.4) is 0 Å². The molecule has 1 unspecified atom stereocenters. The molecule has 0 amide bonds. The highest BCUT2D eigenvalue weighted by atomic mass is 19.2. The zero-order valence-corrected chi connectivity index (χ0v) is 7.57. The van der Waals surface area contributed by atoms with Crippen molar-refractivity contribution in [1.29, 1.82) is 0 Å². The first-order valence-corrected chi connectivity index (χ1v) is 4.21. The molecule has 0 saturated heterocycles. The van der Waals surface area contributed by atoms with Gasteiger partial charge in [0.25, 0.3) is 0 Å². The molecule has 1 aromatic rings. The van der Waals surface area contributed by atoms with Crippen LogP contribution in [-0.2, 0) is 0 Å². The average Bonchev–Trinajstić information content (AvgIpc) is 2.12. The second kappa shape index (κ2) is 3.81. The van der Waals surface area contributed by atoms with Crippen LogP contribution >= 0.6 is 0 Å². The minimum Gasteiger partial charge on any atom is -0.207 e. The summed E-state index contributed by atoms with van der Waals surface area (Å²) in [6, 6.07) is 1.76. The Hall–Kier alpha value is -0.990. The van der Waals surface area contributed by atoms with Crippen LogP contribution in [0, 0.1) is 17.5 Å². The SMILES string of the molecule is CCC(C)c1c(F)ccc(F)c1F. The third kappa shape index (κ3) is 1.85. The fraction of sp³-hybridized carbons (Fsp3) is 0.400. The third-order valence-electron chi connectivity index (χ3n) is 2.18. The highest BCUT2D eigenvalue weighted by Crippen LogP contribution is 2.26. The van der Waals surface area contributed by atoms with Gasteiger partial charge in [-0.1, -0.05) is 13.8 Å². The molecular weight excluding hydrogens is 177 g/mol.